The highest BCUT2D eigenvalue weighted by Crippen LogP contribution is 2.22. The first-order chi connectivity index (χ1) is 12.5. The summed E-state index contributed by atoms with van der Waals surface area (Å²) in [7, 11) is 0. The van der Waals surface area contributed by atoms with Gasteiger partial charge in [-0.05, 0) is 60.7 Å². The maximum absolute atomic E-state index is 12.2. The van der Waals surface area contributed by atoms with Crippen molar-refractivity contribution in [3.63, 3.8) is 0 Å². The fourth-order valence-corrected chi connectivity index (χ4v) is 2.82. The number of hydrogen-bond donors (Lipinski definition) is 2. The van der Waals surface area contributed by atoms with Crippen molar-refractivity contribution in [2.24, 2.45) is 4.99 Å². The Morgan fingerprint density at radius 1 is 1.08 bits per heavy atom. The van der Waals surface area contributed by atoms with E-state index in [2.05, 4.69) is 26.2 Å². The van der Waals surface area contributed by atoms with Gasteiger partial charge in [-0.1, -0.05) is 33.6 Å². The van der Waals surface area contributed by atoms with Crippen molar-refractivity contribution in [2.45, 2.75) is 0 Å². The third kappa shape index (κ3) is 4.71. The Bertz CT molecular complexity index is 972. The monoisotopic (exact) mass is 428 g/mol. The Morgan fingerprint density at radius 2 is 1.85 bits per heavy atom. The topological polar surface area (TPSA) is 61.7 Å². The molecule has 0 aliphatic rings. The van der Waals surface area contributed by atoms with Crippen LogP contribution in [0.15, 0.2) is 76.2 Å². The fraction of sp³-hybridized carbons (Fsp3) is 0. The van der Waals surface area contributed by atoms with Gasteiger partial charge in [0.1, 0.15) is 5.75 Å². The summed E-state index contributed by atoms with van der Waals surface area (Å²) in [5.41, 5.74) is 2.45. The molecule has 26 heavy (non-hydrogen) atoms. The van der Waals surface area contributed by atoms with E-state index < -0.39 is 0 Å². The van der Waals surface area contributed by atoms with Crippen LogP contribution in [0.1, 0.15) is 15.9 Å². The maximum Gasteiger partial charge on any atom is 0.255 e. The van der Waals surface area contributed by atoms with E-state index in [9.17, 15) is 9.90 Å². The zero-order chi connectivity index (χ0) is 18.5. The predicted octanol–water partition coefficient (Wildman–Crippen LogP) is 5.81. The quantitative estimate of drug-likeness (QED) is 0.514. The van der Waals surface area contributed by atoms with E-state index in [1.54, 1.807) is 48.5 Å². The van der Waals surface area contributed by atoms with E-state index in [1.165, 1.54) is 12.3 Å². The van der Waals surface area contributed by atoms with Crippen LogP contribution in [0.25, 0.3) is 0 Å². The first-order valence-corrected chi connectivity index (χ1v) is 8.88. The molecule has 3 aromatic carbocycles. The number of nitrogens with zero attached hydrogens (tertiary/aromatic N) is 1. The summed E-state index contributed by atoms with van der Waals surface area (Å²) in [6.07, 6.45) is 1.54. The maximum atomic E-state index is 12.2. The fourth-order valence-electron chi connectivity index (χ4n) is 2.24. The van der Waals surface area contributed by atoms with Gasteiger partial charge in [-0.3, -0.25) is 9.79 Å². The Kier molecular flexibility index (Phi) is 5.71. The summed E-state index contributed by atoms with van der Waals surface area (Å²) in [4.78, 5) is 16.5. The van der Waals surface area contributed by atoms with Crippen LogP contribution in [-0.2, 0) is 0 Å². The molecule has 2 N–H and O–H groups in total. The van der Waals surface area contributed by atoms with Gasteiger partial charge in [0.2, 0.25) is 0 Å². The minimum absolute atomic E-state index is 0.107. The lowest BCUT2D eigenvalue weighted by atomic mass is 10.2. The summed E-state index contributed by atoms with van der Waals surface area (Å²) in [5.74, 6) is -0.0811. The number of phenolic OH excluding ortho intramolecular Hbond substituents is 1. The first-order valence-electron chi connectivity index (χ1n) is 7.71. The number of hydrogen-bond acceptors (Lipinski definition) is 3. The summed E-state index contributed by atoms with van der Waals surface area (Å²) in [6.45, 7) is 0. The molecule has 130 valence electrons. The summed E-state index contributed by atoms with van der Waals surface area (Å²) in [6, 6.07) is 19.0. The SMILES string of the molecule is O=C(Nc1ccc(N=Cc2cc(Cl)ccc2O)cc1)c1cccc(Br)c1. The molecule has 0 spiro atoms. The van der Waals surface area contributed by atoms with Gasteiger partial charge in [-0.15, -0.1) is 0 Å². The Hall–Kier alpha value is -2.63. The standard InChI is InChI=1S/C20H14BrClN2O2/c21-15-3-1-2-13(10-15)20(26)24-18-7-5-17(6-8-18)23-12-14-11-16(22)4-9-19(14)25/h1-12,25H,(H,24,26). The number of benzene rings is 3. The molecular weight excluding hydrogens is 416 g/mol. The number of carbonyl (C=O) groups excluding carboxylic acids is 1. The molecule has 0 bridgehead atoms. The van der Waals surface area contributed by atoms with Crippen molar-refractivity contribution in [1.29, 1.82) is 0 Å². The van der Waals surface area contributed by atoms with Crippen molar-refractivity contribution < 1.29 is 9.90 Å². The van der Waals surface area contributed by atoms with Crippen LogP contribution in [0.5, 0.6) is 5.75 Å². The molecule has 0 atom stereocenters. The Balaban J connectivity index is 1.69. The van der Waals surface area contributed by atoms with Crippen molar-refractivity contribution in [3.8, 4) is 5.75 Å². The normalized spacial score (nSPS) is 10.8. The molecule has 0 saturated heterocycles. The minimum Gasteiger partial charge on any atom is -0.507 e. The van der Waals surface area contributed by atoms with Crippen LogP contribution in [0, 0.1) is 0 Å². The van der Waals surface area contributed by atoms with Gasteiger partial charge in [0.15, 0.2) is 0 Å². The molecule has 0 aromatic heterocycles. The van der Waals surface area contributed by atoms with Crippen LogP contribution >= 0.6 is 27.5 Å². The highest BCUT2D eigenvalue weighted by molar-refractivity contribution is 9.10. The summed E-state index contributed by atoms with van der Waals surface area (Å²) in [5, 5.41) is 13.1. The number of anilines is 1. The van der Waals surface area contributed by atoms with E-state index in [4.69, 9.17) is 11.6 Å². The van der Waals surface area contributed by atoms with E-state index in [0.29, 0.717) is 27.5 Å². The summed E-state index contributed by atoms with van der Waals surface area (Å²) >= 11 is 9.26. The van der Waals surface area contributed by atoms with Crippen LogP contribution in [0.2, 0.25) is 5.02 Å². The number of rotatable bonds is 4. The number of nitrogens with one attached hydrogen (secondary N) is 1. The van der Waals surface area contributed by atoms with Gasteiger partial charge < -0.3 is 10.4 Å². The van der Waals surface area contributed by atoms with Crippen molar-refractivity contribution in [3.05, 3.63) is 87.4 Å². The number of aliphatic imine (C=N–C) groups is 1. The average Bonchev–Trinajstić information content (AvgIpc) is 2.63. The molecule has 0 heterocycles. The van der Waals surface area contributed by atoms with Gasteiger partial charge in [0.25, 0.3) is 5.91 Å². The molecule has 6 heteroatoms. The lowest BCUT2D eigenvalue weighted by Gasteiger charge is -2.06. The molecule has 0 radical (unpaired) electrons. The van der Waals surface area contributed by atoms with Crippen LogP contribution in [0.4, 0.5) is 11.4 Å². The van der Waals surface area contributed by atoms with Gasteiger partial charge >= 0.3 is 0 Å². The molecule has 0 fully saturated rings. The number of aromatic hydroxyl groups is 1. The third-order valence-electron chi connectivity index (χ3n) is 3.55. The third-order valence-corrected chi connectivity index (χ3v) is 4.28. The number of amides is 1. The summed E-state index contributed by atoms with van der Waals surface area (Å²) < 4.78 is 0.846. The van der Waals surface area contributed by atoms with Crippen LogP contribution < -0.4 is 5.32 Å². The Labute approximate surface area is 164 Å². The molecule has 0 unspecified atom stereocenters. The van der Waals surface area contributed by atoms with Gasteiger partial charge in [0.05, 0.1) is 5.69 Å². The van der Waals surface area contributed by atoms with Crippen LogP contribution in [-0.4, -0.2) is 17.2 Å². The lowest BCUT2D eigenvalue weighted by Crippen LogP contribution is -2.11. The van der Waals surface area contributed by atoms with E-state index in [-0.39, 0.29) is 11.7 Å². The second-order valence-electron chi connectivity index (χ2n) is 5.47. The molecule has 0 aliphatic carbocycles. The van der Waals surface area contributed by atoms with Crippen LogP contribution in [0.3, 0.4) is 0 Å². The van der Waals surface area contributed by atoms with E-state index >= 15 is 0 Å². The molecular formula is C20H14BrClN2O2. The molecule has 3 rings (SSSR count). The first kappa shape index (κ1) is 18.2. The van der Waals surface area contributed by atoms with Crippen molar-refractivity contribution in [1.82, 2.24) is 0 Å². The largest absolute Gasteiger partial charge is 0.507 e. The van der Waals surface area contributed by atoms with E-state index in [0.717, 1.165) is 4.47 Å². The highest BCUT2D eigenvalue weighted by Gasteiger charge is 2.06. The van der Waals surface area contributed by atoms with Gasteiger partial charge in [-0.25, -0.2) is 0 Å². The molecule has 4 nitrogen and oxygen atoms in total. The van der Waals surface area contributed by atoms with E-state index in [1.807, 2.05) is 12.1 Å². The lowest BCUT2D eigenvalue weighted by molar-refractivity contribution is 0.102. The average molecular weight is 430 g/mol. The molecule has 0 saturated carbocycles. The second-order valence-corrected chi connectivity index (χ2v) is 6.82. The van der Waals surface area contributed by atoms with Crippen molar-refractivity contribution in [2.75, 3.05) is 5.32 Å². The molecule has 0 aliphatic heterocycles. The highest BCUT2D eigenvalue weighted by atomic mass is 79.9. The second kappa shape index (κ2) is 8.17. The molecule has 3 aromatic rings. The Morgan fingerprint density at radius 3 is 2.58 bits per heavy atom. The molecule has 1 amide bonds. The zero-order valence-corrected chi connectivity index (χ0v) is 15.8. The zero-order valence-electron chi connectivity index (χ0n) is 13.5. The smallest absolute Gasteiger partial charge is 0.255 e. The predicted molar refractivity (Wildman–Crippen MR) is 109 cm³/mol. The van der Waals surface area contributed by atoms with Gasteiger partial charge in [0, 0.05) is 32.5 Å². The minimum atomic E-state index is -0.189. The van der Waals surface area contributed by atoms with Gasteiger partial charge in [-0.2, -0.15) is 0 Å². The van der Waals surface area contributed by atoms with Crippen molar-refractivity contribution >= 4 is 51.0 Å². The number of carbonyl (C=O) groups is 1. The number of halogens is 2. The number of phenols is 1.